The average Bonchev–Trinajstić information content (AvgIpc) is 3.08. The van der Waals surface area contributed by atoms with Gasteiger partial charge < -0.3 is 21.3 Å². The van der Waals surface area contributed by atoms with E-state index in [9.17, 15) is 26.4 Å². The molecule has 0 saturated carbocycles. The van der Waals surface area contributed by atoms with Gasteiger partial charge in [0.15, 0.2) is 19.7 Å². The third-order valence-electron chi connectivity index (χ3n) is 4.51. The number of benzene rings is 1. The van der Waals surface area contributed by atoms with Gasteiger partial charge in [-0.3, -0.25) is 0 Å². The zero-order valence-electron chi connectivity index (χ0n) is 15.0. The van der Waals surface area contributed by atoms with Gasteiger partial charge in [-0.25, -0.2) is 26.4 Å². The Balaban J connectivity index is 1.51. The van der Waals surface area contributed by atoms with Crippen molar-refractivity contribution >= 4 is 43.1 Å². The molecule has 28 heavy (non-hydrogen) atoms. The second-order valence-corrected chi connectivity index (χ2v) is 11.4. The number of hydrogen-bond acceptors (Lipinski definition) is 6. The van der Waals surface area contributed by atoms with Crippen molar-refractivity contribution < 1.29 is 26.4 Å². The Bertz CT molecular complexity index is 901. The lowest BCUT2D eigenvalue weighted by Crippen LogP contribution is -2.39. The van der Waals surface area contributed by atoms with Gasteiger partial charge in [0.25, 0.3) is 0 Å². The third-order valence-corrected chi connectivity index (χ3v) is 8.05. The molecule has 2 atom stereocenters. The summed E-state index contributed by atoms with van der Waals surface area (Å²) in [6.07, 6.45) is 0.767. The fourth-order valence-corrected chi connectivity index (χ4v) is 6.54. The minimum Gasteiger partial charge on any atom is -0.334 e. The number of anilines is 2. The summed E-state index contributed by atoms with van der Waals surface area (Å²) < 4.78 is 45.7. The summed E-state index contributed by atoms with van der Waals surface area (Å²) in [6.45, 7) is 0. The largest absolute Gasteiger partial charge is 0.334 e. The lowest BCUT2D eigenvalue weighted by Gasteiger charge is -2.14. The summed E-state index contributed by atoms with van der Waals surface area (Å²) in [5.74, 6) is -0.0122. The van der Waals surface area contributed by atoms with E-state index in [4.69, 9.17) is 0 Å². The van der Waals surface area contributed by atoms with Crippen molar-refractivity contribution in [3.63, 3.8) is 0 Å². The molecular formula is C16H22N4O6S2. The van der Waals surface area contributed by atoms with E-state index < -0.39 is 43.8 Å². The molecule has 0 aliphatic carbocycles. The van der Waals surface area contributed by atoms with Crippen molar-refractivity contribution in [3.8, 4) is 0 Å². The number of carbonyl (C=O) groups excluding carboxylic acids is 2. The molecule has 0 radical (unpaired) electrons. The van der Waals surface area contributed by atoms with Crippen LogP contribution >= 0.6 is 0 Å². The number of rotatable bonds is 4. The molecule has 2 aliphatic rings. The van der Waals surface area contributed by atoms with E-state index in [0.717, 1.165) is 0 Å². The van der Waals surface area contributed by atoms with Gasteiger partial charge in [0.1, 0.15) is 0 Å². The third kappa shape index (κ3) is 5.83. The zero-order chi connectivity index (χ0) is 20.4. The van der Waals surface area contributed by atoms with E-state index in [1.807, 2.05) is 0 Å². The second kappa shape index (κ2) is 7.95. The first-order valence-corrected chi connectivity index (χ1v) is 12.4. The number of carbonyl (C=O) groups is 2. The Morgan fingerprint density at radius 2 is 1.21 bits per heavy atom. The molecule has 154 valence electrons. The minimum atomic E-state index is -3.09. The van der Waals surface area contributed by atoms with E-state index in [2.05, 4.69) is 21.3 Å². The normalized spacial score (nSPS) is 25.0. The molecule has 2 heterocycles. The molecule has 2 saturated heterocycles. The van der Waals surface area contributed by atoms with Gasteiger partial charge in [-0.05, 0) is 31.0 Å². The van der Waals surface area contributed by atoms with E-state index in [0.29, 0.717) is 24.2 Å². The fourth-order valence-electron chi connectivity index (χ4n) is 3.20. The molecule has 1 aromatic carbocycles. The Kier molecular flexibility index (Phi) is 5.79. The summed E-state index contributed by atoms with van der Waals surface area (Å²) >= 11 is 0. The topological polar surface area (TPSA) is 151 Å². The maximum absolute atomic E-state index is 12.0. The van der Waals surface area contributed by atoms with Crippen molar-refractivity contribution in [2.75, 3.05) is 33.6 Å². The molecule has 0 aromatic heterocycles. The predicted octanol–water partition coefficient (Wildman–Crippen LogP) is 0.304. The highest BCUT2D eigenvalue weighted by atomic mass is 32.2. The summed E-state index contributed by atoms with van der Waals surface area (Å²) in [4.78, 5) is 24.1. The lowest BCUT2D eigenvalue weighted by atomic mass is 10.2. The van der Waals surface area contributed by atoms with Crippen LogP contribution in [-0.2, 0) is 19.7 Å². The summed E-state index contributed by atoms with van der Waals surface area (Å²) in [7, 11) is -6.17. The van der Waals surface area contributed by atoms with Crippen LogP contribution in [0.25, 0.3) is 0 Å². The van der Waals surface area contributed by atoms with Crippen molar-refractivity contribution in [2.45, 2.75) is 24.9 Å². The van der Waals surface area contributed by atoms with Crippen LogP contribution in [0, 0.1) is 0 Å². The van der Waals surface area contributed by atoms with Crippen molar-refractivity contribution in [3.05, 3.63) is 24.3 Å². The number of sulfone groups is 2. The van der Waals surface area contributed by atoms with E-state index in [1.165, 1.54) is 6.07 Å². The van der Waals surface area contributed by atoms with Crippen LogP contribution < -0.4 is 21.3 Å². The molecule has 0 bridgehead atoms. The summed E-state index contributed by atoms with van der Waals surface area (Å²) in [6, 6.07) is 4.52. The molecule has 0 spiro atoms. The maximum atomic E-state index is 12.0. The van der Waals surface area contributed by atoms with Gasteiger partial charge in [-0.15, -0.1) is 0 Å². The van der Waals surface area contributed by atoms with Crippen molar-refractivity contribution in [2.24, 2.45) is 0 Å². The van der Waals surface area contributed by atoms with Crippen molar-refractivity contribution in [1.29, 1.82) is 0 Å². The Hall–Kier alpha value is -2.34. The number of urea groups is 2. The molecule has 1 aromatic rings. The molecule has 12 heteroatoms. The van der Waals surface area contributed by atoms with Gasteiger partial charge >= 0.3 is 12.1 Å². The Morgan fingerprint density at radius 3 is 1.57 bits per heavy atom. The molecule has 2 fully saturated rings. The SMILES string of the molecule is O=C(Nc1cccc(NC(=O)NC2CCS(=O)(=O)C2)c1)NC1CCS(=O)(=O)C1. The first-order valence-electron chi connectivity index (χ1n) is 8.76. The first-order chi connectivity index (χ1) is 13.1. The lowest BCUT2D eigenvalue weighted by molar-refractivity contribution is 0.248. The van der Waals surface area contributed by atoms with Gasteiger partial charge in [-0.1, -0.05) is 6.07 Å². The highest BCUT2D eigenvalue weighted by molar-refractivity contribution is 7.91. The van der Waals surface area contributed by atoms with Crippen LogP contribution in [-0.4, -0.2) is 64.0 Å². The molecule has 3 rings (SSSR count). The first kappa shape index (κ1) is 20.4. The van der Waals surface area contributed by atoms with E-state index in [-0.39, 0.29) is 23.0 Å². The summed E-state index contributed by atoms with van der Waals surface area (Å²) in [5.41, 5.74) is 0.833. The fraction of sp³-hybridized carbons (Fsp3) is 0.500. The molecule has 2 aliphatic heterocycles. The molecular weight excluding hydrogens is 408 g/mol. The van der Waals surface area contributed by atoms with E-state index >= 15 is 0 Å². The number of hydrogen-bond donors (Lipinski definition) is 4. The number of amides is 4. The van der Waals surface area contributed by atoms with Crippen LogP contribution in [0.2, 0.25) is 0 Å². The predicted molar refractivity (Wildman–Crippen MR) is 105 cm³/mol. The zero-order valence-corrected chi connectivity index (χ0v) is 16.6. The standard InChI is InChI=1S/C16H22N4O6S2/c21-15(19-13-4-6-27(23,24)9-13)17-11-2-1-3-12(8-11)18-16(22)20-14-5-7-28(25,26)10-14/h1-3,8,13-14H,4-7,9-10H2,(H2,17,19,21)(H2,18,20,22). The van der Waals surface area contributed by atoms with Crippen LogP contribution in [0.1, 0.15) is 12.8 Å². The molecule has 4 amide bonds. The molecule has 10 nitrogen and oxygen atoms in total. The smallest absolute Gasteiger partial charge is 0.319 e. The minimum absolute atomic E-state index is 0.0642. The second-order valence-electron chi connectivity index (χ2n) is 6.98. The highest BCUT2D eigenvalue weighted by Gasteiger charge is 2.29. The Labute approximate surface area is 163 Å². The monoisotopic (exact) mass is 430 g/mol. The molecule has 2 unspecified atom stereocenters. The van der Waals surface area contributed by atoms with Crippen LogP contribution in [0.4, 0.5) is 21.0 Å². The van der Waals surface area contributed by atoms with Crippen LogP contribution in [0.5, 0.6) is 0 Å². The van der Waals surface area contributed by atoms with Crippen molar-refractivity contribution in [1.82, 2.24) is 10.6 Å². The van der Waals surface area contributed by atoms with Crippen LogP contribution in [0.3, 0.4) is 0 Å². The quantitative estimate of drug-likeness (QED) is 0.540. The van der Waals surface area contributed by atoms with E-state index in [1.54, 1.807) is 18.2 Å². The maximum Gasteiger partial charge on any atom is 0.319 e. The average molecular weight is 431 g/mol. The highest BCUT2D eigenvalue weighted by Crippen LogP contribution is 2.17. The summed E-state index contributed by atoms with van der Waals surface area (Å²) in [5, 5.41) is 10.4. The van der Waals surface area contributed by atoms with Crippen LogP contribution in [0.15, 0.2) is 24.3 Å². The van der Waals surface area contributed by atoms with Gasteiger partial charge in [0.05, 0.1) is 23.0 Å². The Morgan fingerprint density at radius 1 is 0.786 bits per heavy atom. The van der Waals surface area contributed by atoms with Gasteiger partial charge in [-0.2, -0.15) is 0 Å². The van der Waals surface area contributed by atoms with Gasteiger partial charge in [0, 0.05) is 23.5 Å². The number of nitrogens with one attached hydrogen (secondary N) is 4. The van der Waals surface area contributed by atoms with Gasteiger partial charge in [0.2, 0.25) is 0 Å². The molecule has 4 N–H and O–H groups in total.